The highest BCUT2D eigenvalue weighted by atomic mass is 15.0. The van der Waals surface area contributed by atoms with Crippen molar-refractivity contribution >= 4 is 0 Å². The number of benzene rings is 2. The molecule has 0 aliphatic carbocycles. The maximum Gasteiger partial charge on any atom is 0.277 e. The molecule has 0 fully saturated rings. The SMILES string of the molecule is Cc1ccccc1-c1cccc(-c2ccc(-c3ccccc3)c[n+]2C)[n+]1C. The van der Waals surface area contributed by atoms with Gasteiger partial charge in [-0.2, -0.15) is 9.13 Å². The Kier molecular flexibility index (Phi) is 4.55. The Labute approximate surface area is 161 Å². The lowest BCUT2D eigenvalue weighted by Gasteiger charge is -2.07. The first-order valence-electron chi connectivity index (χ1n) is 9.25. The van der Waals surface area contributed by atoms with E-state index in [9.17, 15) is 0 Å². The lowest BCUT2D eigenvalue weighted by atomic mass is 10.0. The highest BCUT2D eigenvalue weighted by molar-refractivity contribution is 5.64. The number of rotatable bonds is 3. The minimum absolute atomic E-state index is 1.19. The monoisotopic (exact) mass is 352 g/mol. The van der Waals surface area contributed by atoms with Crippen molar-refractivity contribution in [3.05, 3.63) is 96.7 Å². The number of pyridine rings is 2. The van der Waals surface area contributed by atoms with E-state index in [2.05, 4.69) is 121 Å². The van der Waals surface area contributed by atoms with Crippen molar-refractivity contribution in [1.29, 1.82) is 0 Å². The van der Waals surface area contributed by atoms with Crippen molar-refractivity contribution in [3.63, 3.8) is 0 Å². The van der Waals surface area contributed by atoms with Gasteiger partial charge in [0.05, 0.1) is 0 Å². The van der Waals surface area contributed by atoms with Crippen LogP contribution < -0.4 is 9.13 Å². The van der Waals surface area contributed by atoms with Crippen LogP contribution in [-0.2, 0) is 14.1 Å². The smallest absolute Gasteiger partial charge is 0.195 e. The van der Waals surface area contributed by atoms with Gasteiger partial charge in [-0.15, -0.1) is 0 Å². The zero-order valence-corrected chi connectivity index (χ0v) is 16.1. The largest absolute Gasteiger partial charge is 0.277 e. The summed E-state index contributed by atoms with van der Waals surface area (Å²) in [4.78, 5) is 0. The lowest BCUT2D eigenvalue weighted by Crippen LogP contribution is -2.40. The predicted molar refractivity (Wildman–Crippen MR) is 110 cm³/mol. The van der Waals surface area contributed by atoms with Crippen LogP contribution in [0.1, 0.15) is 5.56 Å². The second-order valence-corrected chi connectivity index (χ2v) is 6.95. The van der Waals surface area contributed by atoms with Crippen molar-refractivity contribution in [2.24, 2.45) is 14.1 Å². The molecule has 0 unspecified atom stereocenters. The molecule has 0 amide bonds. The molecule has 0 spiro atoms. The molecule has 2 aromatic carbocycles. The molecule has 2 aromatic heterocycles. The lowest BCUT2D eigenvalue weighted by molar-refractivity contribution is -0.685. The van der Waals surface area contributed by atoms with E-state index < -0.39 is 0 Å². The Hall–Kier alpha value is -3.26. The van der Waals surface area contributed by atoms with Crippen LogP contribution in [0.15, 0.2) is 91.1 Å². The second kappa shape index (κ2) is 7.16. The molecular weight excluding hydrogens is 328 g/mol. The van der Waals surface area contributed by atoms with Crippen molar-refractivity contribution in [3.8, 4) is 33.8 Å². The van der Waals surface area contributed by atoms with Crippen molar-refractivity contribution in [2.45, 2.75) is 6.92 Å². The fourth-order valence-corrected chi connectivity index (χ4v) is 3.65. The standard InChI is InChI=1S/C25H24N2/c1-19-10-7-8-13-22(19)23-14-9-15-25(27(23)3)24-17-16-21(18-26(24)2)20-11-5-4-6-12-20/h4-18H,1-3H3/q+2. The van der Waals surface area contributed by atoms with E-state index in [-0.39, 0.29) is 0 Å². The quantitative estimate of drug-likeness (QED) is 0.474. The molecule has 0 bridgehead atoms. The summed E-state index contributed by atoms with van der Waals surface area (Å²) < 4.78 is 4.49. The van der Waals surface area contributed by atoms with Crippen molar-refractivity contribution < 1.29 is 9.13 Å². The summed E-state index contributed by atoms with van der Waals surface area (Å²) >= 11 is 0. The number of nitrogens with zero attached hydrogens (tertiary/aromatic N) is 2. The summed E-state index contributed by atoms with van der Waals surface area (Å²) in [5.41, 5.74) is 8.61. The van der Waals surface area contributed by atoms with E-state index in [0.717, 1.165) is 0 Å². The Morgan fingerprint density at radius 3 is 2.00 bits per heavy atom. The van der Waals surface area contributed by atoms with Crippen LogP contribution in [0.4, 0.5) is 0 Å². The highest BCUT2D eigenvalue weighted by Gasteiger charge is 2.23. The third-order valence-electron chi connectivity index (χ3n) is 5.15. The Bertz CT molecular complexity index is 1100. The highest BCUT2D eigenvalue weighted by Crippen LogP contribution is 2.23. The average Bonchev–Trinajstić information content (AvgIpc) is 2.70. The molecule has 0 atom stereocenters. The van der Waals surface area contributed by atoms with E-state index >= 15 is 0 Å². The molecule has 2 heteroatoms. The molecule has 4 rings (SSSR count). The van der Waals surface area contributed by atoms with E-state index in [0.29, 0.717) is 0 Å². The van der Waals surface area contributed by atoms with Gasteiger partial charge in [0.25, 0.3) is 11.4 Å². The van der Waals surface area contributed by atoms with Gasteiger partial charge in [-0.05, 0) is 36.2 Å². The van der Waals surface area contributed by atoms with Gasteiger partial charge in [-0.3, -0.25) is 0 Å². The molecule has 0 radical (unpaired) electrons. The third kappa shape index (κ3) is 3.26. The van der Waals surface area contributed by atoms with Crippen LogP contribution in [0, 0.1) is 6.92 Å². The van der Waals surface area contributed by atoms with Gasteiger partial charge in [-0.25, -0.2) is 0 Å². The van der Waals surface area contributed by atoms with Gasteiger partial charge in [-0.1, -0.05) is 48.5 Å². The minimum atomic E-state index is 1.19. The van der Waals surface area contributed by atoms with E-state index in [1.54, 1.807) is 0 Å². The summed E-state index contributed by atoms with van der Waals surface area (Å²) in [7, 11) is 4.25. The van der Waals surface area contributed by atoms with Gasteiger partial charge in [0.2, 0.25) is 5.69 Å². The molecule has 0 saturated carbocycles. The first kappa shape index (κ1) is 17.2. The molecule has 0 saturated heterocycles. The molecule has 0 N–H and O–H groups in total. The number of aryl methyl sites for hydroxylation is 2. The molecule has 132 valence electrons. The van der Waals surface area contributed by atoms with E-state index in [4.69, 9.17) is 0 Å². The summed E-state index contributed by atoms with van der Waals surface area (Å²) in [6.07, 6.45) is 2.20. The number of hydrogen-bond donors (Lipinski definition) is 0. The van der Waals surface area contributed by atoms with Crippen LogP contribution in [0.3, 0.4) is 0 Å². The van der Waals surface area contributed by atoms with Gasteiger partial charge >= 0.3 is 0 Å². The molecule has 0 aliphatic heterocycles. The molecule has 2 heterocycles. The van der Waals surface area contributed by atoms with Crippen LogP contribution in [0.25, 0.3) is 33.8 Å². The topological polar surface area (TPSA) is 7.76 Å². The molecule has 2 nitrogen and oxygen atoms in total. The maximum absolute atomic E-state index is 2.28. The average molecular weight is 352 g/mol. The third-order valence-corrected chi connectivity index (χ3v) is 5.15. The van der Waals surface area contributed by atoms with Gasteiger partial charge in [0.1, 0.15) is 14.1 Å². The number of hydrogen-bond acceptors (Lipinski definition) is 0. The Morgan fingerprint density at radius 2 is 1.26 bits per heavy atom. The fraction of sp³-hybridized carbons (Fsp3) is 0.120. The van der Waals surface area contributed by atoms with Crippen molar-refractivity contribution in [2.75, 3.05) is 0 Å². The molecule has 0 aliphatic rings. The molecule has 4 aromatic rings. The molecular formula is C25H24N2+2. The Morgan fingerprint density at radius 1 is 0.556 bits per heavy atom. The van der Waals surface area contributed by atoms with Crippen LogP contribution in [-0.4, -0.2) is 0 Å². The summed E-state index contributed by atoms with van der Waals surface area (Å²) in [5.74, 6) is 0. The first-order valence-corrected chi connectivity index (χ1v) is 9.25. The first-order chi connectivity index (χ1) is 13.1. The van der Waals surface area contributed by atoms with E-state index in [1.165, 1.54) is 39.3 Å². The second-order valence-electron chi connectivity index (χ2n) is 6.95. The van der Waals surface area contributed by atoms with E-state index in [1.807, 2.05) is 0 Å². The summed E-state index contributed by atoms with van der Waals surface area (Å²) in [6.45, 7) is 2.16. The minimum Gasteiger partial charge on any atom is -0.195 e. The van der Waals surface area contributed by atoms with Crippen LogP contribution >= 0.6 is 0 Å². The zero-order chi connectivity index (χ0) is 18.8. The Balaban J connectivity index is 1.81. The number of aromatic nitrogens is 2. The summed E-state index contributed by atoms with van der Waals surface area (Å²) in [5, 5.41) is 0. The molecule has 27 heavy (non-hydrogen) atoms. The predicted octanol–water partition coefficient (Wildman–Crippen LogP) is 4.65. The van der Waals surface area contributed by atoms with Gasteiger partial charge < -0.3 is 0 Å². The normalized spacial score (nSPS) is 10.8. The van der Waals surface area contributed by atoms with Crippen LogP contribution in [0.2, 0.25) is 0 Å². The van der Waals surface area contributed by atoms with Gasteiger partial charge in [0.15, 0.2) is 6.20 Å². The summed E-state index contributed by atoms with van der Waals surface area (Å²) in [6, 6.07) is 30.0. The zero-order valence-electron chi connectivity index (χ0n) is 16.1. The van der Waals surface area contributed by atoms with Crippen molar-refractivity contribution in [1.82, 2.24) is 0 Å². The van der Waals surface area contributed by atoms with Crippen LogP contribution in [0.5, 0.6) is 0 Å². The fourth-order valence-electron chi connectivity index (χ4n) is 3.65. The maximum atomic E-state index is 2.28. The van der Waals surface area contributed by atoms with Gasteiger partial charge in [0, 0.05) is 29.3 Å².